The van der Waals surface area contributed by atoms with Gasteiger partial charge in [-0.05, 0) is 18.2 Å². The number of carbonyl (C=O) groups excluding carboxylic acids is 1. The van der Waals surface area contributed by atoms with E-state index >= 15 is 0 Å². The quantitative estimate of drug-likeness (QED) is 0.692. The molecule has 2 aromatic heterocycles. The van der Waals surface area contributed by atoms with Gasteiger partial charge in [0.05, 0.1) is 19.9 Å². The van der Waals surface area contributed by atoms with Crippen molar-refractivity contribution in [3.63, 3.8) is 0 Å². The van der Waals surface area contributed by atoms with Gasteiger partial charge in [-0.2, -0.15) is 23.4 Å². The molecule has 11 heteroatoms. The van der Waals surface area contributed by atoms with Crippen molar-refractivity contribution < 1.29 is 27.4 Å². The second kappa shape index (κ2) is 7.25. The van der Waals surface area contributed by atoms with Gasteiger partial charge in [0.2, 0.25) is 0 Å². The number of carbonyl (C=O) groups is 1. The van der Waals surface area contributed by atoms with Crippen molar-refractivity contribution in [2.45, 2.75) is 6.18 Å². The molecule has 0 radical (unpaired) electrons. The van der Waals surface area contributed by atoms with Crippen LogP contribution in [0.3, 0.4) is 0 Å². The van der Waals surface area contributed by atoms with E-state index in [2.05, 4.69) is 20.6 Å². The van der Waals surface area contributed by atoms with Gasteiger partial charge in [0.25, 0.3) is 5.91 Å². The van der Waals surface area contributed by atoms with E-state index in [0.717, 1.165) is 4.68 Å². The first kappa shape index (κ1) is 19.3. The molecule has 0 spiro atoms. The summed E-state index contributed by atoms with van der Waals surface area (Å²) in [6, 6.07) is 7.35. The number of nitrogens with one attached hydrogen (secondary N) is 2. The predicted octanol–water partition coefficient (Wildman–Crippen LogP) is 3.10. The molecule has 0 saturated heterocycles. The first-order valence-corrected chi connectivity index (χ1v) is 7.93. The van der Waals surface area contributed by atoms with Crippen LogP contribution in [0.25, 0.3) is 11.3 Å². The number of amides is 1. The highest BCUT2D eigenvalue weighted by Gasteiger charge is 2.35. The van der Waals surface area contributed by atoms with Crippen LogP contribution in [0, 0.1) is 0 Å². The van der Waals surface area contributed by atoms with Crippen LogP contribution < -0.4 is 14.8 Å². The Morgan fingerprint density at radius 1 is 1.18 bits per heavy atom. The van der Waals surface area contributed by atoms with E-state index in [0.29, 0.717) is 28.8 Å². The Labute approximate surface area is 157 Å². The molecule has 0 unspecified atom stereocenters. The molecular formula is C17H16F3N5O3. The zero-order valence-corrected chi connectivity index (χ0v) is 15.1. The molecule has 0 fully saturated rings. The Kier molecular flexibility index (Phi) is 4.99. The second-order valence-electron chi connectivity index (χ2n) is 5.72. The van der Waals surface area contributed by atoms with Crippen LogP contribution in [0.2, 0.25) is 0 Å². The van der Waals surface area contributed by atoms with Crippen LogP contribution in [0.4, 0.5) is 19.0 Å². The number of methoxy groups -OCH3 is 2. The maximum atomic E-state index is 12.7. The monoisotopic (exact) mass is 395 g/mol. The lowest BCUT2D eigenvalue weighted by atomic mass is 10.1. The largest absolute Gasteiger partial charge is 0.497 e. The fourth-order valence-corrected chi connectivity index (χ4v) is 2.55. The first-order valence-electron chi connectivity index (χ1n) is 7.93. The van der Waals surface area contributed by atoms with Crippen LogP contribution in [0.15, 0.2) is 30.3 Å². The van der Waals surface area contributed by atoms with Gasteiger partial charge in [-0.15, -0.1) is 0 Å². The maximum absolute atomic E-state index is 12.7. The summed E-state index contributed by atoms with van der Waals surface area (Å²) in [6.45, 7) is 0. The number of hydrogen-bond donors (Lipinski definition) is 2. The zero-order chi connectivity index (χ0) is 20.5. The number of benzene rings is 1. The Morgan fingerprint density at radius 2 is 1.93 bits per heavy atom. The van der Waals surface area contributed by atoms with E-state index in [9.17, 15) is 18.0 Å². The Bertz CT molecular complexity index is 1010. The molecule has 2 heterocycles. The zero-order valence-electron chi connectivity index (χ0n) is 15.1. The van der Waals surface area contributed by atoms with Crippen molar-refractivity contribution in [3.05, 3.63) is 41.7 Å². The van der Waals surface area contributed by atoms with Gasteiger partial charge in [0.1, 0.15) is 17.2 Å². The highest BCUT2D eigenvalue weighted by molar-refractivity contribution is 6.02. The van der Waals surface area contributed by atoms with Crippen molar-refractivity contribution >= 4 is 11.7 Å². The molecule has 0 atom stereocenters. The third kappa shape index (κ3) is 3.77. The molecule has 148 valence electrons. The number of alkyl halides is 3. The highest BCUT2D eigenvalue weighted by Crippen LogP contribution is 2.33. The van der Waals surface area contributed by atoms with E-state index in [4.69, 9.17) is 9.47 Å². The van der Waals surface area contributed by atoms with Gasteiger partial charge in [0, 0.05) is 24.7 Å². The number of H-pyrrole nitrogens is 1. The van der Waals surface area contributed by atoms with Crippen LogP contribution in [0.5, 0.6) is 11.5 Å². The molecule has 1 amide bonds. The van der Waals surface area contributed by atoms with E-state index in [1.807, 2.05) is 0 Å². The number of aromatic amines is 1. The number of halogens is 3. The average Bonchev–Trinajstić information content (AvgIpc) is 3.27. The van der Waals surface area contributed by atoms with Crippen LogP contribution in [-0.2, 0) is 13.2 Å². The number of ether oxygens (including phenoxy) is 2. The minimum atomic E-state index is -4.64. The highest BCUT2D eigenvalue weighted by atomic mass is 19.4. The molecule has 0 aliphatic carbocycles. The molecule has 2 N–H and O–H groups in total. The minimum Gasteiger partial charge on any atom is -0.497 e. The van der Waals surface area contributed by atoms with E-state index in [1.54, 1.807) is 18.2 Å². The molecule has 0 aliphatic heterocycles. The molecule has 3 rings (SSSR count). The van der Waals surface area contributed by atoms with Crippen molar-refractivity contribution in [3.8, 4) is 22.8 Å². The van der Waals surface area contributed by atoms with Crippen LogP contribution >= 0.6 is 0 Å². The summed E-state index contributed by atoms with van der Waals surface area (Å²) in [7, 11) is 4.28. The van der Waals surface area contributed by atoms with Crippen LogP contribution in [-0.4, -0.2) is 40.1 Å². The fraction of sp³-hybridized carbons (Fsp3) is 0.235. The third-order valence-corrected chi connectivity index (χ3v) is 3.92. The molecule has 1 aromatic carbocycles. The first-order chi connectivity index (χ1) is 13.2. The Balaban J connectivity index is 1.84. The van der Waals surface area contributed by atoms with Gasteiger partial charge in [-0.3, -0.25) is 14.6 Å². The predicted molar refractivity (Wildman–Crippen MR) is 93.3 cm³/mol. The summed E-state index contributed by atoms with van der Waals surface area (Å²) in [6.07, 6.45) is -4.64. The van der Waals surface area contributed by atoms with Gasteiger partial charge in [-0.1, -0.05) is 0 Å². The second-order valence-corrected chi connectivity index (χ2v) is 5.72. The molecule has 0 bridgehead atoms. The molecule has 28 heavy (non-hydrogen) atoms. The van der Waals surface area contributed by atoms with Crippen molar-refractivity contribution in [1.29, 1.82) is 0 Å². The Morgan fingerprint density at radius 3 is 2.54 bits per heavy atom. The van der Waals surface area contributed by atoms with E-state index in [1.165, 1.54) is 27.3 Å². The smallest absolute Gasteiger partial charge is 0.435 e. The number of rotatable bonds is 5. The van der Waals surface area contributed by atoms with E-state index < -0.39 is 17.8 Å². The molecule has 8 nitrogen and oxygen atoms in total. The SMILES string of the molecule is COc1ccc(OC)c(-c2cc(NC(=O)c3cc(C(F)(F)F)nn3C)n[nH]2)c1. The number of hydrogen-bond acceptors (Lipinski definition) is 5. The minimum absolute atomic E-state index is 0.125. The molecule has 0 aliphatic rings. The average molecular weight is 395 g/mol. The third-order valence-electron chi connectivity index (χ3n) is 3.92. The summed E-state index contributed by atoms with van der Waals surface area (Å²) in [4.78, 5) is 12.3. The summed E-state index contributed by atoms with van der Waals surface area (Å²) in [5.41, 5.74) is -0.249. The summed E-state index contributed by atoms with van der Waals surface area (Å²) in [5.74, 6) is 0.482. The standard InChI is InChI=1S/C17H16F3N5O3/c1-25-12(8-14(24-25)17(18,19)20)16(26)21-15-7-11(22-23-15)10-6-9(27-2)4-5-13(10)28-3/h4-8H,1-3H3,(H2,21,22,23,26). The normalized spacial score (nSPS) is 11.4. The van der Waals surface area contributed by atoms with E-state index in [-0.39, 0.29) is 11.5 Å². The summed E-state index contributed by atoms with van der Waals surface area (Å²) >= 11 is 0. The molecule has 0 saturated carbocycles. The number of aryl methyl sites for hydroxylation is 1. The van der Waals surface area contributed by atoms with Crippen LogP contribution in [0.1, 0.15) is 16.2 Å². The maximum Gasteiger partial charge on any atom is 0.435 e. The van der Waals surface area contributed by atoms with Crippen molar-refractivity contribution in [2.75, 3.05) is 19.5 Å². The lowest BCUT2D eigenvalue weighted by Crippen LogP contribution is -2.16. The Hall–Kier alpha value is -3.50. The topological polar surface area (TPSA) is 94.1 Å². The lowest BCUT2D eigenvalue weighted by Gasteiger charge is -2.08. The summed E-state index contributed by atoms with van der Waals surface area (Å²) in [5, 5.41) is 12.5. The molecule has 3 aromatic rings. The van der Waals surface area contributed by atoms with Gasteiger partial charge < -0.3 is 14.8 Å². The van der Waals surface area contributed by atoms with Crippen molar-refractivity contribution in [1.82, 2.24) is 20.0 Å². The number of aromatic nitrogens is 4. The fourth-order valence-electron chi connectivity index (χ4n) is 2.55. The van der Waals surface area contributed by atoms with Gasteiger partial charge >= 0.3 is 6.18 Å². The summed E-state index contributed by atoms with van der Waals surface area (Å²) < 4.78 is 49.6. The van der Waals surface area contributed by atoms with Gasteiger partial charge in [-0.25, -0.2) is 0 Å². The van der Waals surface area contributed by atoms with Gasteiger partial charge in [0.15, 0.2) is 11.5 Å². The van der Waals surface area contributed by atoms with Crippen molar-refractivity contribution in [2.24, 2.45) is 7.05 Å². The lowest BCUT2D eigenvalue weighted by molar-refractivity contribution is -0.141. The number of anilines is 1. The number of nitrogens with zero attached hydrogens (tertiary/aromatic N) is 3. The molecular weight excluding hydrogens is 379 g/mol.